The SMILES string of the molecule is CC(C)CC(C)CC(=O)NC(CCO)c1ccccc1. The molecule has 0 aliphatic rings. The minimum absolute atomic E-state index is 0.0699. The molecular weight excluding hydrogens is 250 g/mol. The van der Waals surface area contributed by atoms with Crippen LogP contribution in [0.15, 0.2) is 30.3 Å². The van der Waals surface area contributed by atoms with Crippen molar-refractivity contribution in [1.82, 2.24) is 5.32 Å². The molecule has 1 rings (SSSR count). The molecule has 0 aliphatic carbocycles. The second-order valence-electron chi connectivity index (χ2n) is 5.98. The fraction of sp³-hybridized carbons (Fsp3) is 0.588. The van der Waals surface area contributed by atoms with Gasteiger partial charge in [-0.2, -0.15) is 0 Å². The molecule has 0 heterocycles. The molecule has 3 nitrogen and oxygen atoms in total. The molecule has 1 aromatic carbocycles. The second-order valence-corrected chi connectivity index (χ2v) is 5.98. The topological polar surface area (TPSA) is 49.3 Å². The summed E-state index contributed by atoms with van der Waals surface area (Å²) in [6.07, 6.45) is 2.16. The number of carbonyl (C=O) groups excluding carboxylic acids is 1. The number of rotatable bonds is 8. The molecule has 0 saturated heterocycles. The fourth-order valence-corrected chi connectivity index (χ4v) is 2.59. The summed E-state index contributed by atoms with van der Waals surface area (Å²) in [6.45, 7) is 6.53. The van der Waals surface area contributed by atoms with Gasteiger partial charge in [0.1, 0.15) is 0 Å². The molecule has 2 N–H and O–H groups in total. The first-order valence-corrected chi connectivity index (χ1v) is 7.48. The Bertz CT molecular complexity index is 389. The lowest BCUT2D eigenvalue weighted by Crippen LogP contribution is -2.30. The summed E-state index contributed by atoms with van der Waals surface area (Å²) in [4.78, 5) is 12.1. The van der Waals surface area contributed by atoms with Gasteiger partial charge in [0.05, 0.1) is 6.04 Å². The highest BCUT2D eigenvalue weighted by Crippen LogP contribution is 2.18. The highest BCUT2D eigenvalue weighted by atomic mass is 16.3. The van der Waals surface area contributed by atoms with Crippen LogP contribution in [0.5, 0.6) is 0 Å². The van der Waals surface area contributed by atoms with Crippen molar-refractivity contribution in [3.8, 4) is 0 Å². The molecule has 3 heteroatoms. The maximum Gasteiger partial charge on any atom is 0.220 e. The summed E-state index contributed by atoms with van der Waals surface area (Å²) >= 11 is 0. The van der Waals surface area contributed by atoms with Crippen molar-refractivity contribution in [1.29, 1.82) is 0 Å². The van der Waals surface area contributed by atoms with Gasteiger partial charge in [-0.1, -0.05) is 51.1 Å². The third kappa shape index (κ3) is 6.20. The minimum atomic E-state index is -0.0973. The van der Waals surface area contributed by atoms with Gasteiger partial charge in [0.2, 0.25) is 5.91 Å². The molecule has 0 saturated carbocycles. The number of amides is 1. The lowest BCUT2D eigenvalue weighted by molar-refractivity contribution is -0.122. The summed E-state index contributed by atoms with van der Waals surface area (Å²) < 4.78 is 0. The van der Waals surface area contributed by atoms with Crippen LogP contribution in [0, 0.1) is 11.8 Å². The van der Waals surface area contributed by atoms with Gasteiger partial charge in [-0.05, 0) is 30.2 Å². The van der Waals surface area contributed by atoms with E-state index < -0.39 is 0 Å². The van der Waals surface area contributed by atoms with Crippen LogP contribution in [0.2, 0.25) is 0 Å². The summed E-state index contributed by atoms with van der Waals surface area (Å²) in [5.74, 6) is 1.07. The van der Waals surface area contributed by atoms with E-state index in [1.54, 1.807) is 0 Å². The summed E-state index contributed by atoms with van der Waals surface area (Å²) in [5.41, 5.74) is 1.05. The van der Waals surface area contributed by atoms with Crippen LogP contribution in [0.1, 0.15) is 51.6 Å². The van der Waals surface area contributed by atoms with Crippen LogP contribution in [-0.4, -0.2) is 17.6 Å². The van der Waals surface area contributed by atoms with Crippen molar-refractivity contribution in [2.45, 2.75) is 46.1 Å². The highest BCUT2D eigenvalue weighted by Gasteiger charge is 2.16. The van der Waals surface area contributed by atoms with Gasteiger partial charge < -0.3 is 10.4 Å². The number of hydrogen-bond acceptors (Lipinski definition) is 2. The molecular formula is C17H27NO2. The van der Waals surface area contributed by atoms with Crippen LogP contribution >= 0.6 is 0 Å². The highest BCUT2D eigenvalue weighted by molar-refractivity contribution is 5.76. The van der Waals surface area contributed by atoms with Crippen LogP contribution in [0.3, 0.4) is 0 Å². The van der Waals surface area contributed by atoms with Gasteiger partial charge in [-0.15, -0.1) is 0 Å². The molecule has 0 spiro atoms. The zero-order chi connectivity index (χ0) is 15.0. The van der Waals surface area contributed by atoms with Gasteiger partial charge in [0, 0.05) is 13.0 Å². The van der Waals surface area contributed by atoms with Crippen molar-refractivity contribution < 1.29 is 9.90 Å². The van der Waals surface area contributed by atoms with E-state index in [0.29, 0.717) is 24.7 Å². The standard InChI is InChI=1S/C17H27NO2/c1-13(2)11-14(3)12-17(20)18-16(9-10-19)15-7-5-4-6-8-15/h4-8,13-14,16,19H,9-12H2,1-3H3,(H,18,20). The summed E-state index contributed by atoms with van der Waals surface area (Å²) in [7, 11) is 0. The van der Waals surface area contributed by atoms with Crippen LogP contribution in [0.25, 0.3) is 0 Å². The largest absolute Gasteiger partial charge is 0.396 e. The second kappa shape index (κ2) is 8.75. The van der Waals surface area contributed by atoms with E-state index in [9.17, 15) is 4.79 Å². The van der Waals surface area contributed by atoms with E-state index in [0.717, 1.165) is 12.0 Å². The lowest BCUT2D eigenvalue weighted by Gasteiger charge is -2.20. The maximum atomic E-state index is 12.1. The molecule has 1 amide bonds. The third-order valence-electron chi connectivity index (χ3n) is 3.36. The molecule has 0 radical (unpaired) electrons. The summed E-state index contributed by atoms with van der Waals surface area (Å²) in [5, 5.41) is 12.2. The molecule has 1 aromatic rings. The predicted octanol–water partition coefficient (Wildman–Crippen LogP) is 3.30. The first-order valence-electron chi connectivity index (χ1n) is 7.48. The maximum absolute atomic E-state index is 12.1. The molecule has 0 fully saturated rings. The van der Waals surface area contributed by atoms with Crippen molar-refractivity contribution >= 4 is 5.91 Å². The number of benzene rings is 1. The molecule has 112 valence electrons. The molecule has 0 bridgehead atoms. The lowest BCUT2D eigenvalue weighted by atomic mass is 9.95. The quantitative estimate of drug-likeness (QED) is 0.766. The zero-order valence-electron chi connectivity index (χ0n) is 12.8. The fourth-order valence-electron chi connectivity index (χ4n) is 2.59. The monoisotopic (exact) mass is 277 g/mol. The Morgan fingerprint density at radius 3 is 2.40 bits per heavy atom. The average molecular weight is 277 g/mol. The Morgan fingerprint density at radius 1 is 1.20 bits per heavy atom. The van der Waals surface area contributed by atoms with Crippen molar-refractivity contribution in [2.24, 2.45) is 11.8 Å². The molecule has 0 aliphatic heterocycles. The Balaban J connectivity index is 2.55. The first-order chi connectivity index (χ1) is 9.52. The van der Waals surface area contributed by atoms with Gasteiger partial charge in [-0.25, -0.2) is 0 Å². The van der Waals surface area contributed by atoms with Gasteiger partial charge in [0.15, 0.2) is 0 Å². The predicted molar refractivity (Wildman–Crippen MR) is 82.3 cm³/mol. The van der Waals surface area contributed by atoms with Crippen molar-refractivity contribution in [2.75, 3.05) is 6.61 Å². The summed E-state index contributed by atoms with van der Waals surface area (Å²) in [6, 6.07) is 9.72. The van der Waals surface area contributed by atoms with E-state index in [1.165, 1.54) is 0 Å². The Hall–Kier alpha value is -1.35. The first kappa shape index (κ1) is 16.7. The third-order valence-corrected chi connectivity index (χ3v) is 3.36. The Kier molecular flexibility index (Phi) is 7.31. The average Bonchev–Trinajstić information content (AvgIpc) is 2.38. The van der Waals surface area contributed by atoms with E-state index in [4.69, 9.17) is 5.11 Å². The number of nitrogens with one attached hydrogen (secondary N) is 1. The Labute approximate surface area is 122 Å². The molecule has 0 aromatic heterocycles. The Morgan fingerprint density at radius 2 is 1.85 bits per heavy atom. The van der Waals surface area contributed by atoms with Crippen LogP contribution < -0.4 is 5.32 Å². The van der Waals surface area contributed by atoms with Crippen LogP contribution in [-0.2, 0) is 4.79 Å². The van der Waals surface area contributed by atoms with E-state index in [2.05, 4.69) is 26.1 Å². The number of hydrogen-bond donors (Lipinski definition) is 2. The van der Waals surface area contributed by atoms with Gasteiger partial charge in [-0.3, -0.25) is 4.79 Å². The van der Waals surface area contributed by atoms with Crippen LogP contribution in [0.4, 0.5) is 0 Å². The normalized spacial score (nSPS) is 14.1. The van der Waals surface area contributed by atoms with Gasteiger partial charge >= 0.3 is 0 Å². The van der Waals surface area contributed by atoms with E-state index in [1.807, 2.05) is 30.3 Å². The minimum Gasteiger partial charge on any atom is -0.396 e. The number of carbonyl (C=O) groups is 1. The zero-order valence-corrected chi connectivity index (χ0v) is 12.8. The number of aliphatic hydroxyl groups excluding tert-OH is 1. The number of aliphatic hydroxyl groups is 1. The van der Waals surface area contributed by atoms with Gasteiger partial charge in [0.25, 0.3) is 0 Å². The molecule has 2 atom stereocenters. The van der Waals surface area contributed by atoms with Crippen molar-refractivity contribution in [3.63, 3.8) is 0 Å². The van der Waals surface area contributed by atoms with E-state index >= 15 is 0 Å². The molecule has 2 unspecified atom stereocenters. The van der Waals surface area contributed by atoms with E-state index in [-0.39, 0.29) is 18.6 Å². The van der Waals surface area contributed by atoms with Crippen molar-refractivity contribution in [3.05, 3.63) is 35.9 Å². The molecule has 20 heavy (non-hydrogen) atoms. The smallest absolute Gasteiger partial charge is 0.220 e.